The van der Waals surface area contributed by atoms with Crippen molar-refractivity contribution in [3.8, 4) is 5.75 Å². The van der Waals surface area contributed by atoms with E-state index in [1.165, 1.54) is 0 Å². The third-order valence-corrected chi connectivity index (χ3v) is 2.90. The number of benzene rings is 1. The fourth-order valence-corrected chi connectivity index (χ4v) is 1.86. The summed E-state index contributed by atoms with van der Waals surface area (Å²) in [6, 6.07) is 7.76. The highest BCUT2D eigenvalue weighted by Gasteiger charge is 2.16. The zero-order valence-electron chi connectivity index (χ0n) is 8.35. The zero-order chi connectivity index (χ0) is 11.0. The van der Waals surface area contributed by atoms with E-state index in [4.69, 9.17) is 4.74 Å². The smallest absolute Gasteiger partial charge is 0.153 e. The third-order valence-electron chi connectivity index (χ3n) is 2.37. The van der Waals surface area contributed by atoms with Gasteiger partial charge in [0.2, 0.25) is 0 Å². The summed E-state index contributed by atoms with van der Waals surface area (Å²) >= 11 is 3.43. The van der Waals surface area contributed by atoms with Gasteiger partial charge in [-0.25, -0.2) is 4.99 Å². The number of rotatable bonds is 0. The first-order chi connectivity index (χ1) is 7.83. The van der Waals surface area contributed by atoms with E-state index in [9.17, 15) is 0 Å². The number of hydrogen-bond acceptors (Lipinski definition) is 2. The summed E-state index contributed by atoms with van der Waals surface area (Å²) in [6.45, 7) is 0. The van der Waals surface area contributed by atoms with Crippen LogP contribution in [0.3, 0.4) is 0 Å². The molecular formula is C13H8BrNO. The van der Waals surface area contributed by atoms with E-state index in [0.29, 0.717) is 0 Å². The van der Waals surface area contributed by atoms with Crippen LogP contribution in [0.15, 0.2) is 63.8 Å². The molecule has 0 bridgehead atoms. The Morgan fingerprint density at radius 1 is 1.06 bits per heavy atom. The summed E-state index contributed by atoms with van der Waals surface area (Å²) in [5, 5.41) is 0. The molecule has 78 valence electrons. The maximum atomic E-state index is 5.78. The normalized spacial score (nSPS) is 17.2. The minimum Gasteiger partial charge on any atom is -0.453 e. The molecule has 1 aromatic rings. The maximum absolute atomic E-state index is 5.78. The van der Waals surface area contributed by atoms with Gasteiger partial charge in [-0.1, -0.05) is 28.1 Å². The minimum atomic E-state index is 0.782. The van der Waals surface area contributed by atoms with Crippen LogP contribution >= 0.6 is 15.9 Å². The number of aliphatic imine (C=N–C) groups is 1. The SMILES string of the molecule is BrC1=CC=C2Oc3ccccc3N=C2C=C1. The summed E-state index contributed by atoms with van der Waals surface area (Å²) in [6.07, 6.45) is 7.76. The molecule has 3 rings (SSSR count). The highest BCUT2D eigenvalue weighted by atomic mass is 79.9. The minimum absolute atomic E-state index is 0.782. The van der Waals surface area contributed by atoms with E-state index >= 15 is 0 Å². The van der Waals surface area contributed by atoms with Gasteiger partial charge in [0.05, 0.1) is 0 Å². The monoisotopic (exact) mass is 273 g/mol. The van der Waals surface area contributed by atoms with Gasteiger partial charge in [-0.15, -0.1) is 0 Å². The van der Waals surface area contributed by atoms with Gasteiger partial charge >= 0.3 is 0 Å². The second-order valence-electron chi connectivity index (χ2n) is 3.48. The molecule has 2 nitrogen and oxygen atoms in total. The molecule has 0 saturated heterocycles. The molecule has 0 unspecified atom stereocenters. The van der Waals surface area contributed by atoms with Crippen LogP contribution in [0, 0.1) is 0 Å². The van der Waals surface area contributed by atoms with Crippen LogP contribution in [0.1, 0.15) is 0 Å². The van der Waals surface area contributed by atoms with E-state index in [1.807, 2.05) is 48.6 Å². The molecule has 1 heterocycles. The Bertz CT molecular complexity index is 567. The zero-order valence-corrected chi connectivity index (χ0v) is 9.94. The lowest BCUT2D eigenvalue weighted by Crippen LogP contribution is -2.09. The van der Waals surface area contributed by atoms with Crippen molar-refractivity contribution in [3.05, 3.63) is 58.8 Å². The highest BCUT2D eigenvalue weighted by Crippen LogP contribution is 2.34. The predicted molar refractivity (Wildman–Crippen MR) is 68.4 cm³/mol. The van der Waals surface area contributed by atoms with Crippen molar-refractivity contribution in [2.24, 2.45) is 4.99 Å². The van der Waals surface area contributed by atoms with E-state index in [-0.39, 0.29) is 0 Å². The Balaban J connectivity index is 2.14. The lowest BCUT2D eigenvalue weighted by molar-refractivity contribution is 0.451. The molecule has 0 spiro atoms. The van der Waals surface area contributed by atoms with Crippen molar-refractivity contribution in [2.75, 3.05) is 0 Å². The van der Waals surface area contributed by atoms with Crippen molar-refractivity contribution in [1.82, 2.24) is 0 Å². The molecule has 0 saturated carbocycles. The average molecular weight is 274 g/mol. The van der Waals surface area contributed by atoms with Gasteiger partial charge in [-0.3, -0.25) is 0 Å². The molecule has 0 fully saturated rings. The number of para-hydroxylation sites is 2. The van der Waals surface area contributed by atoms with Crippen LogP contribution in [0.4, 0.5) is 5.69 Å². The average Bonchev–Trinajstić information content (AvgIpc) is 2.49. The number of fused-ring (bicyclic) bond motifs is 2. The van der Waals surface area contributed by atoms with Crippen molar-refractivity contribution in [3.63, 3.8) is 0 Å². The molecule has 0 radical (unpaired) electrons. The molecule has 2 aliphatic rings. The van der Waals surface area contributed by atoms with Crippen molar-refractivity contribution < 1.29 is 4.74 Å². The van der Waals surface area contributed by atoms with Gasteiger partial charge in [0.15, 0.2) is 11.5 Å². The summed E-state index contributed by atoms with van der Waals surface area (Å²) in [5.74, 6) is 1.58. The Hall–Kier alpha value is -1.61. The number of hydrogen-bond donors (Lipinski definition) is 0. The third kappa shape index (κ3) is 1.63. The predicted octanol–water partition coefficient (Wildman–Crippen LogP) is 3.88. The molecule has 1 aromatic carbocycles. The quantitative estimate of drug-likeness (QED) is 0.703. The number of nitrogens with zero attached hydrogens (tertiary/aromatic N) is 1. The second-order valence-corrected chi connectivity index (χ2v) is 4.40. The Labute approximate surface area is 102 Å². The highest BCUT2D eigenvalue weighted by molar-refractivity contribution is 9.11. The Kier molecular flexibility index (Phi) is 2.26. The first-order valence-electron chi connectivity index (χ1n) is 4.94. The molecule has 0 amide bonds. The van der Waals surface area contributed by atoms with Gasteiger partial charge in [0.25, 0.3) is 0 Å². The van der Waals surface area contributed by atoms with Crippen molar-refractivity contribution in [1.29, 1.82) is 0 Å². The molecule has 0 N–H and O–H groups in total. The first-order valence-corrected chi connectivity index (χ1v) is 5.74. The van der Waals surface area contributed by atoms with Crippen LogP contribution in [0.2, 0.25) is 0 Å². The van der Waals surface area contributed by atoms with Crippen LogP contribution < -0.4 is 4.74 Å². The topological polar surface area (TPSA) is 21.6 Å². The van der Waals surface area contributed by atoms with Crippen LogP contribution in [0.25, 0.3) is 0 Å². The molecule has 1 aliphatic carbocycles. The number of ether oxygens (including phenoxy) is 1. The van der Waals surface area contributed by atoms with E-state index in [2.05, 4.69) is 20.9 Å². The van der Waals surface area contributed by atoms with Crippen molar-refractivity contribution in [2.45, 2.75) is 0 Å². The maximum Gasteiger partial charge on any atom is 0.153 e. The summed E-state index contributed by atoms with van der Waals surface area (Å²) in [7, 11) is 0. The van der Waals surface area contributed by atoms with Gasteiger partial charge in [-0.2, -0.15) is 0 Å². The molecule has 1 aliphatic heterocycles. The summed E-state index contributed by atoms with van der Waals surface area (Å²) in [4.78, 5) is 4.54. The molecule has 0 aromatic heterocycles. The Morgan fingerprint density at radius 3 is 2.88 bits per heavy atom. The molecule has 16 heavy (non-hydrogen) atoms. The van der Waals surface area contributed by atoms with E-state index in [1.54, 1.807) is 0 Å². The van der Waals surface area contributed by atoms with Gasteiger partial charge in [0.1, 0.15) is 11.4 Å². The number of halogens is 1. The van der Waals surface area contributed by atoms with E-state index in [0.717, 1.165) is 27.4 Å². The number of allylic oxidation sites excluding steroid dienone is 5. The Morgan fingerprint density at radius 2 is 1.94 bits per heavy atom. The lowest BCUT2D eigenvalue weighted by atomic mass is 10.2. The standard InChI is InChI=1S/C13H8BrNO/c14-9-5-7-11-13(8-6-9)16-12-4-2-1-3-10(12)15-11/h1-8H. The molecule has 3 heteroatoms. The van der Waals surface area contributed by atoms with Gasteiger partial charge in [-0.05, 0) is 36.4 Å². The fourth-order valence-electron chi connectivity index (χ4n) is 1.60. The van der Waals surface area contributed by atoms with Crippen LogP contribution in [-0.4, -0.2) is 5.71 Å². The largest absolute Gasteiger partial charge is 0.453 e. The van der Waals surface area contributed by atoms with Crippen molar-refractivity contribution >= 4 is 27.3 Å². The fraction of sp³-hybridized carbons (Fsp3) is 0. The van der Waals surface area contributed by atoms with Gasteiger partial charge < -0.3 is 4.74 Å². The molecule has 0 atom stereocenters. The first kappa shape index (κ1) is 9.60. The van der Waals surface area contributed by atoms with E-state index < -0.39 is 0 Å². The van der Waals surface area contributed by atoms with Gasteiger partial charge in [0, 0.05) is 4.48 Å². The second kappa shape index (κ2) is 3.76. The molecular weight excluding hydrogens is 266 g/mol. The van der Waals surface area contributed by atoms with Crippen LogP contribution in [-0.2, 0) is 0 Å². The van der Waals surface area contributed by atoms with Crippen LogP contribution in [0.5, 0.6) is 5.75 Å². The summed E-state index contributed by atoms with van der Waals surface area (Å²) in [5.41, 5.74) is 1.72. The lowest BCUT2D eigenvalue weighted by Gasteiger charge is -2.16. The summed E-state index contributed by atoms with van der Waals surface area (Å²) < 4.78 is 6.78.